The van der Waals surface area contributed by atoms with Crippen molar-refractivity contribution in [3.05, 3.63) is 33.1 Å². The highest BCUT2D eigenvalue weighted by Crippen LogP contribution is 2.45. The first-order valence-electron chi connectivity index (χ1n) is 12.9. The van der Waals surface area contributed by atoms with E-state index in [1.165, 1.54) is 63.1 Å². The van der Waals surface area contributed by atoms with Gasteiger partial charge >= 0.3 is 0 Å². The Hall–Kier alpha value is -1.18. The number of thiocarbonyl (C=S) groups is 1. The van der Waals surface area contributed by atoms with Crippen LogP contribution in [-0.2, 0) is 9.59 Å². The summed E-state index contributed by atoms with van der Waals surface area (Å²) in [5.74, 6) is -0.196. The molecule has 2 aliphatic heterocycles. The molecular weight excluding hydrogens is 528 g/mol. The molecule has 1 aromatic carbocycles. The van der Waals surface area contributed by atoms with E-state index in [-0.39, 0.29) is 11.8 Å². The number of carbonyl (C=O) groups is 2. The average molecular weight is 566 g/mol. The minimum absolute atomic E-state index is 0.0824. The van der Waals surface area contributed by atoms with E-state index in [9.17, 15) is 9.59 Å². The van der Waals surface area contributed by atoms with Crippen LogP contribution < -0.4 is 4.90 Å². The molecule has 0 N–H and O–H groups in total. The number of amides is 2. The first-order chi connectivity index (χ1) is 16.5. The van der Waals surface area contributed by atoms with Crippen LogP contribution in [0.5, 0.6) is 0 Å². The molecule has 0 atom stereocenters. The molecule has 0 aliphatic carbocycles. The highest BCUT2D eigenvalue weighted by molar-refractivity contribution is 9.10. The molecule has 2 aliphatic rings. The van der Waals surface area contributed by atoms with E-state index in [0.29, 0.717) is 27.9 Å². The maximum absolute atomic E-state index is 13.4. The summed E-state index contributed by atoms with van der Waals surface area (Å²) < 4.78 is 1.47. The third kappa shape index (κ3) is 6.73. The molecule has 1 aromatic rings. The lowest BCUT2D eigenvalue weighted by molar-refractivity contribution is -0.122. The van der Waals surface area contributed by atoms with E-state index in [0.717, 1.165) is 41.4 Å². The summed E-state index contributed by atoms with van der Waals surface area (Å²) >= 11 is 10.4. The zero-order valence-corrected chi connectivity index (χ0v) is 23.8. The highest BCUT2D eigenvalue weighted by Gasteiger charge is 2.41. The fourth-order valence-electron chi connectivity index (χ4n) is 4.56. The number of carbonyl (C=O) groups excluding carboxylic acids is 2. The van der Waals surface area contributed by atoms with Gasteiger partial charge in [-0.05, 0) is 31.0 Å². The van der Waals surface area contributed by atoms with Crippen LogP contribution in [0, 0.1) is 0 Å². The van der Waals surface area contributed by atoms with Crippen molar-refractivity contribution >= 4 is 67.3 Å². The van der Waals surface area contributed by atoms with E-state index < -0.39 is 0 Å². The van der Waals surface area contributed by atoms with Gasteiger partial charge in [-0.3, -0.25) is 14.5 Å². The molecule has 1 saturated heterocycles. The number of hydrogen-bond acceptors (Lipinski definition) is 4. The first kappa shape index (κ1) is 27.4. The van der Waals surface area contributed by atoms with Gasteiger partial charge in [0.2, 0.25) is 0 Å². The highest BCUT2D eigenvalue weighted by atomic mass is 79.9. The SMILES string of the molecule is CCCCCCCCCCCCN1C(=O)C(=C2C(=O)N(CCCC)c3ccc(Br)cc32)SC1=S. The Morgan fingerprint density at radius 2 is 1.38 bits per heavy atom. The molecule has 186 valence electrons. The van der Waals surface area contributed by atoms with Gasteiger partial charge in [0.15, 0.2) is 0 Å². The number of nitrogens with zero attached hydrogens (tertiary/aromatic N) is 2. The molecule has 2 heterocycles. The monoisotopic (exact) mass is 564 g/mol. The van der Waals surface area contributed by atoms with Gasteiger partial charge in [0.05, 0.1) is 16.2 Å². The molecule has 2 amide bonds. The van der Waals surface area contributed by atoms with Gasteiger partial charge in [-0.1, -0.05) is 118 Å². The van der Waals surface area contributed by atoms with Gasteiger partial charge < -0.3 is 4.90 Å². The van der Waals surface area contributed by atoms with E-state index >= 15 is 0 Å². The number of fused-ring (bicyclic) bond motifs is 1. The van der Waals surface area contributed by atoms with Crippen molar-refractivity contribution in [3.8, 4) is 0 Å². The second-order valence-electron chi connectivity index (χ2n) is 9.18. The van der Waals surface area contributed by atoms with Gasteiger partial charge in [-0.25, -0.2) is 0 Å². The Labute approximate surface area is 223 Å². The Morgan fingerprint density at radius 1 is 0.794 bits per heavy atom. The zero-order chi connectivity index (χ0) is 24.5. The standard InChI is InChI=1S/C27H37BrN2O2S2/c1-3-5-7-8-9-10-11-12-13-14-18-30-26(32)24(34-27(30)33)23-21-19-20(28)15-16-22(21)29(25(23)31)17-6-4-2/h15-16,19H,3-14,17-18H2,1-2H3. The van der Waals surface area contributed by atoms with Gasteiger partial charge in [0, 0.05) is 23.1 Å². The molecule has 34 heavy (non-hydrogen) atoms. The Balaban J connectivity index is 1.60. The van der Waals surface area contributed by atoms with Crippen molar-refractivity contribution < 1.29 is 9.59 Å². The summed E-state index contributed by atoms with van der Waals surface area (Å²) in [6.45, 7) is 5.66. The van der Waals surface area contributed by atoms with E-state index in [1.807, 2.05) is 23.1 Å². The molecule has 7 heteroatoms. The maximum atomic E-state index is 13.4. The molecule has 3 rings (SSSR count). The van der Waals surface area contributed by atoms with Gasteiger partial charge in [-0.15, -0.1) is 0 Å². The summed E-state index contributed by atoms with van der Waals surface area (Å²) in [5, 5.41) is 0. The fraction of sp³-hybridized carbons (Fsp3) is 0.593. The van der Waals surface area contributed by atoms with Crippen LogP contribution in [0.1, 0.15) is 96.5 Å². The molecule has 0 saturated carbocycles. The van der Waals surface area contributed by atoms with Crippen LogP contribution in [-0.4, -0.2) is 34.1 Å². The van der Waals surface area contributed by atoms with Crippen LogP contribution in [0.15, 0.2) is 27.6 Å². The van der Waals surface area contributed by atoms with E-state index in [1.54, 1.807) is 4.90 Å². The predicted molar refractivity (Wildman–Crippen MR) is 152 cm³/mol. The number of unbranched alkanes of at least 4 members (excludes halogenated alkanes) is 10. The molecule has 1 fully saturated rings. The number of anilines is 1. The third-order valence-corrected chi connectivity index (χ3v) is 8.47. The Kier molecular flexibility index (Phi) is 11.1. The van der Waals surface area contributed by atoms with Crippen LogP contribution in [0.2, 0.25) is 0 Å². The quantitative estimate of drug-likeness (QED) is 0.130. The number of rotatable bonds is 14. The summed E-state index contributed by atoms with van der Waals surface area (Å²) in [7, 11) is 0. The summed E-state index contributed by atoms with van der Waals surface area (Å²) in [5.41, 5.74) is 2.22. The molecule has 0 bridgehead atoms. The van der Waals surface area contributed by atoms with E-state index in [2.05, 4.69) is 29.8 Å². The smallest absolute Gasteiger partial charge is 0.267 e. The second-order valence-corrected chi connectivity index (χ2v) is 11.7. The maximum Gasteiger partial charge on any atom is 0.267 e. The lowest BCUT2D eigenvalue weighted by Crippen LogP contribution is -2.30. The summed E-state index contributed by atoms with van der Waals surface area (Å²) in [6, 6.07) is 5.86. The Morgan fingerprint density at radius 3 is 2.03 bits per heavy atom. The normalized spacial score (nSPS) is 17.9. The second kappa shape index (κ2) is 13.8. The predicted octanol–water partition coefficient (Wildman–Crippen LogP) is 8.09. The lowest BCUT2D eigenvalue weighted by atomic mass is 10.1. The minimum Gasteiger partial charge on any atom is -0.308 e. The van der Waals surface area contributed by atoms with Crippen molar-refractivity contribution in [2.75, 3.05) is 18.0 Å². The van der Waals surface area contributed by atoms with Crippen LogP contribution >= 0.6 is 39.9 Å². The summed E-state index contributed by atoms with van der Waals surface area (Å²) in [6.07, 6.45) is 14.5. The van der Waals surface area contributed by atoms with Crippen LogP contribution in [0.3, 0.4) is 0 Å². The van der Waals surface area contributed by atoms with Crippen molar-refractivity contribution in [1.29, 1.82) is 0 Å². The van der Waals surface area contributed by atoms with Crippen LogP contribution in [0.4, 0.5) is 5.69 Å². The number of benzene rings is 1. The topological polar surface area (TPSA) is 40.6 Å². The average Bonchev–Trinajstić information content (AvgIpc) is 3.24. The van der Waals surface area contributed by atoms with Gasteiger partial charge in [0.25, 0.3) is 11.8 Å². The van der Waals surface area contributed by atoms with E-state index in [4.69, 9.17) is 12.2 Å². The molecule has 0 aromatic heterocycles. The molecule has 0 spiro atoms. The molecule has 0 unspecified atom stereocenters. The van der Waals surface area contributed by atoms with Crippen LogP contribution in [0.25, 0.3) is 5.57 Å². The lowest BCUT2D eigenvalue weighted by Gasteiger charge is -2.16. The van der Waals surface area contributed by atoms with Crippen molar-refractivity contribution in [2.45, 2.75) is 90.9 Å². The number of halogens is 1. The Bertz CT molecular complexity index is 931. The molecule has 0 radical (unpaired) electrons. The van der Waals surface area contributed by atoms with Crippen molar-refractivity contribution in [3.63, 3.8) is 0 Å². The third-order valence-electron chi connectivity index (χ3n) is 6.52. The van der Waals surface area contributed by atoms with Crippen molar-refractivity contribution in [2.24, 2.45) is 0 Å². The molecule has 4 nitrogen and oxygen atoms in total. The number of thioether (sulfide) groups is 1. The molecular formula is C27H37BrN2O2S2. The largest absolute Gasteiger partial charge is 0.308 e. The first-order valence-corrected chi connectivity index (χ1v) is 14.9. The zero-order valence-electron chi connectivity index (χ0n) is 20.5. The van der Waals surface area contributed by atoms with Crippen molar-refractivity contribution in [1.82, 2.24) is 4.90 Å². The number of hydrogen-bond donors (Lipinski definition) is 0. The minimum atomic E-state index is -0.113. The fourth-order valence-corrected chi connectivity index (χ4v) is 6.30. The van der Waals surface area contributed by atoms with Gasteiger partial charge in [0.1, 0.15) is 4.32 Å². The van der Waals surface area contributed by atoms with Gasteiger partial charge in [-0.2, -0.15) is 0 Å². The summed E-state index contributed by atoms with van der Waals surface area (Å²) in [4.78, 5) is 30.7.